The number of carbonyl (C=O) groups is 1. The molecule has 0 radical (unpaired) electrons. The molecule has 0 saturated carbocycles. The van der Waals surface area contributed by atoms with E-state index in [1.165, 1.54) is 0 Å². The van der Waals surface area contributed by atoms with Gasteiger partial charge in [-0.05, 0) is 56.5 Å². The molecule has 0 fully saturated rings. The molecule has 0 saturated heterocycles. The Morgan fingerprint density at radius 2 is 1.67 bits per heavy atom. The van der Waals surface area contributed by atoms with Crippen LogP contribution in [0.25, 0.3) is 0 Å². The first-order valence-electron chi connectivity index (χ1n) is 9.28. The van der Waals surface area contributed by atoms with Crippen molar-refractivity contribution in [3.05, 3.63) is 59.7 Å². The standard InChI is InChI=1S/C21H28N2O3S/c1-4-5-17(3)22-21(24)15-10-18-8-13-20(14-9-18)27(25,26)23-19-11-6-16(2)7-12-19/h6-9,11-14,17,23H,4-5,10,15H2,1-3H3,(H,22,24)/t17-/m1/s1. The molecule has 0 aliphatic heterocycles. The van der Waals surface area contributed by atoms with Crippen LogP contribution >= 0.6 is 0 Å². The zero-order valence-electron chi connectivity index (χ0n) is 16.2. The first-order valence-corrected chi connectivity index (χ1v) is 10.8. The van der Waals surface area contributed by atoms with Gasteiger partial charge >= 0.3 is 0 Å². The van der Waals surface area contributed by atoms with Crippen LogP contribution in [-0.2, 0) is 21.2 Å². The fourth-order valence-electron chi connectivity index (χ4n) is 2.78. The van der Waals surface area contributed by atoms with Gasteiger partial charge in [0.15, 0.2) is 0 Å². The maximum atomic E-state index is 12.5. The molecule has 146 valence electrons. The summed E-state index contributed by atoms with van der Waals surface area (Å²) in [6.45, 7) is 6.04. The predicted molar refractivity (Wildman–Crippen MR) is 109 cm³/mol. The predicted octanol–water partition coefficient (Wildman–Crippen LogP) is 4.03. The number of nitrogens with one attached hydrogen (secondary N) is 2. The molecule has 0 unspecified atom stereocenters. The third-order valence-corrected chi connectivity index (χ3v) is 5.70. The van der Waals surface area contributed by atoms with Gasteiger partial charge in [0.05, 0.1) is 4.90 Å². The smallest absolute Gasteiger partial charge is 0.261 e. The van der Waals surface area contributed by atoms with Gasteiger partial charge in [0.25, 0.3) is 10.0 Å². The van der Waals surface area contributed by atoms with Crippen molar-refractivity contribution in [3.8, 4) is 0 Å². The average molecular weight is 389 g/mol. The summed E-state index contributed by atoms with van der Waals surface area (Å²) in [6, 6.07) is 14.0. The van der Waals surface area contributed by atoms with Gasteiger partial charge in [-0.2, -0.15) is 0 Å². The topological polar surface area (TPSA) is 75.3 Å². The molecule has 2 aromatic carbocycles. The van der Waals surface area contributed by atoms with Crippen LogP contribution in [0.2, 0.25) is 0 Å². The summed E-state index contributed by atoms with van der Waals surface area (Å²) in [6.07, 6.45) is 2.97. The monoisotopic (exact) mass is 388 g/mol. The molecule has 5 nitrogen and oxygen atoms in total. The highest BCUT2D eigenvalue weighted by Crippen LogP contribution is 2.17. The molecule has 0 spiro atoms. The normalized spacial score (nSPS) is 12.4. The molecular weight excluding hydrogens is 360 g/mol. The van der Waals surface area contributed by atoms with Gasteiger partial charge < -0.3 is 5.32 Å². The number of hydrogen-bond donors (Lipinski definition) is 2. The minimum atomic E-state index is -3.63. The van der Waals surface area contributed by atoms with Crippen molar-refractivity contribution in [3.63, 3.8) is 0 Å². The number of carbonyl (C=O) groups excluding carboxylic acids is 1. The van der Waals surface area contributed by atoms with Gasteiger partial charge in [-0.25, -0.2) is 8.42 Å². The number of rotatable bonds is 9. The molecule has 0 bridgehead atoms. The van der Waals surface area contributed by atoms with E-state index in [4.69, 9.17) is 0 Å². The zero-order chi connectivity index (χ0) is 19.9. The molecule has 1 atom stereocenters. The first-order chi connectivity index (χ1) is 12.8. The first kappa shape index (κ1) is 21.0. The number of anilines is 1. The van der Waals surface area contributed by atoms with E-state index in [0.717, 1.165) is 24.0 Å². The number of hydrogen-bond acceptors (Lipinski definition) is 3. The maximum Gasteiger partial charge on any atom is 0.261 e. The minimum Gasteiger partial charge on any atom is -0.354 e. The van der Waals surface area contributed by atoms with Crippen LogP contribution < -0.4 is 10.0 Å². The van der Waals surface area contributed by atoms with Crippen molar-refractivity contribution in [2.45, 2.75) is 57.4 Å². The van der Waals surface area contributed by atoms with Crippen molar-refractivity contribution < 1.29 is 13.2 Å². The Labute approximate surface area is 162 Å². The van der Waals surface area contributed by atoms with Crippen LogP contribution in [0.1, 0.15) is 44.2 Å². The van der Waals surface area contributed by atoms with E-state index in [2.05, 4.69) is 17.0 Å². The highest BCUT2D eigenvalue weighted by molar-refractivity contribution is 7.92. The van der Waals surface area contributed by atoms with E-state index in [1.54, 1.807) is 36.4 Å². The van der Waals surface area contributed by atoms with Crippen molar-refractivity contribution >= 4 is 21.6 Å². The van der Waals surface area contributed by atoms with E-state index >= 15 is 0 Å². The van der Waals surface area contributed by atoms with E-state index in [9.17, 15) is 13.2 Å². The van der Waals surface area contributed by atoms with Gasteiger partial charge in [-0.15, -0.1) is 0 Å². The molecule has 0 aromatic heterocycles. The highest BCUT2D eigenvalue weighted by atomic mass is 32.2. The third kappa shape index (κ3) is 6.71. The minimum absolute atomic E-state index is 0.0219. The quantitative estimate of drug-likeness (QED) is 0.681. The molecular formula is C21H28N2O3S. The largest absolute Gasteiger partial charge is 0.354 e. The molecule has 2 rings (SSSR count). The fraction of sp³-hybridized carbons (Fsp3) is 0.381. The van der Waals surface area contributed by atoms with Gasteiger partial charge in [0.2, 0.25) is 5.91 Å². The maximum absolute atomic E-state index is 12.5. The third-order valence-electron chi connectivity index (χ3n) is 4.31. The van der Waals surface area contributed by atoms with Gasteiger partial charge in [0.1, 0.15) is 0 Å². The summed E-state index contributed by atoms with van der Waals surface area (Å²) in [4.78, 5) is 12.1. The SMILES string of the molecule is CCC[C@@H](C)NC(=O)CCc1ccc(S(=O)(=O)Nc2ccc(C)cc2)cc1. The van der Waals surface area contributed by atoms with E-state index in [-0.39, 0.29) is 16.8 Å². The van der Waals surface area contributed by atoms with Crippen LogP contribution in [-0.4, -0.2) is 20.4 Å². The summed E-state index contributed by atoms with van der Waals surface area (Å²) < 4.78 is 27.5. The van der Waals surface area contributed by atoms with Crippen LogP contribution in [0.5, 0.6) is 0 Å². The summed E-state index contributed by atoms with van der Waals surface area (Å²) in [7, 11) is -3.63. The molecule has 27 heavy (non-hydrogen) atoms. The number of amides is 1. The van der Waals surface area contributed by atoms with Crippen molar-refractivity contribution in [2.24, 2.45) is 0 Å². The Morgan fingerprint density at radius 1 is 1.04 bits per heavy atom. The second kappa shape index (κ2) is 9.55. The van der Waals surface area contributed by atoms with Crippen LogP contribution in [0.3, 0.4) is 0 Å². The van der Waals surface area contributed by atoms with Gasteiger partial charge in [0, 0.05) is 18.2 Å². The van der Waals surface area contributed by atoms with Gasteiger partial charge in [-0.3, -0.25) is 9.52 Å². The number of benzene rings is 2. The molecule has 0 aliphatic carbocycles. The molecule has 1 amide bonds. The Kier molecular flexibility index (Phi) is 7.42. The lowest BCUT2D eigenvalue weighted by Gasteiger charge is -2.12. The lowest BCUT2D eigenvalue weighted by molar-refractivity contribution is -0.121. The molecule has 0 aliphatic rings. The lowest BCUT2D eigenvalue weighted by Crippen LogP contribution is -2.32. The van der Waals surface area contributed by atoms with Crippen molar-refractivity contribution in [2.75, 3.05) is 4.72 Å². The fourth-order valence-corrected chi connectivity index (χ4v) is 3.84. The number of aryl methyl sites for hydroxylation is 2. The zero-order valence-corrected chi connectivity index (χ0v) is 17.0. The van der Waals surface area contributed by atoms with Crippen LogP contribution in [0.4, 0.5) is 5.69 Å². The molecule has 2 N–H and O–H groups in total. The van der Waals surface area contributed by atoms with Crippen molar-refractivity contribution in [1.29, 1.82) is 0 Å². The Hall–Kier alpha value is -2.34. The molecule has 0 heterocycles. The highest BCUT2D eigenvalue weighted by Gasteiger charge is 2.14. The lowest BCUT2D eigenvalue weighted by atomic mass is 10.1. The second-order valence-electron chi connectivity index (χ2n) is 6.87. The van der Waals surface area contributed by atoms with E-state index in [0.29, 0.717) is 18.5 Å². The van der Waals surface area contributed by atoms with Crippen LogP contribution in [0, 0.1) is 6.92 Å². The summed E-state index contributed by atoms with van der Waals surface area (Å²) >= 11 is 0. The molecule has 2 aromatic rings. The Balaban J connectivity index is 1.93. The summed E-state index contributed by atoms with van der Waals surface area (Å²) in [5.74, 6) is 0.0219. The number of sulfonamides is 1. The van der Waals surface area contributed by atoms with E-state index in [1.807, 2.05) is 26.0 Å². The van der Waals surface area contributed by atoms with Gasteiger partial charge in [-0.1, -0.05) is 43.2 Å². The van der Waals surface area contributed by atoms with E-state index < -0.39 is 10.0 Å². The molecule has 6 heteroatoms. The summed E-state index contributed by atoms with van der Waals surface area (Å²) in [5, 5.41) is 2.97. The summed E-state index contributed by atoms with van der Waals surface area (Å²) in [5.41, 5.74) is 2.53. The average Bonchev–Trinajstić information content (AvgIpc) is 2.62. The Morgan fingerprint density at radius 3 is 2.26 bits per heavy atom. The van der Waals surface area contributed by atoms with Crippen molar-refractivity contribution in [1.82, 2.24) is 5.32 Å². The Bertz CT molecular complexity index is 844. The van der Waals surface area contributed by atoms with Crippen LogP contribution in [0.15, 0.2) is 53.4 Å². The second-order valence-corrected chi connectivity index (χ2v) is 8.56.